The van der Waals surface area contributed by atoms with Crippen molar-refractivity contribution in [1.29, 1.82) is 0 Å². The normalized spacial score (nSPS) is 37.8. The first kappa shape index (κ1) is 16.8. The van der Waals surface area contributed by atoms with Gasteiger partial charge in [-0.15, -0.1) is 0 Å². The smallest absolute Gasteiger partial charge is 0.425 e. The number of esters is 3. The van der Waals surface area contributed by atoms with Crippen LogP contribution in [0.4, 0.5) is 13.2 Å². The van der Waals surface area contributed by atoms with E-state index in [4.69, 9.17) is 9.47 Å². The summed E-state index contributed by atoms with van der Waals surface area (Å²) in [5, 5.41) is 0. The lowest BCUT2D eigenvalue weighted by Gasteiger charge is -2.30. The summed E-state index contributed by atoms with van der Waals surface area (Å²) in [6.45, 7) is 3.98. The molecule has 132 valence electrons. The zero-order valence-corrected chi connectivity index (χ0v) is 12.6. The maximum atomic E-state index is 12.6. The van der Waals surface area contributed by atoms with Crippen molar-refractivity contribution in [3.63, 3.8) is 0 Å². The summed E-state index contributed by atoms with van der Waals surface area (Å²) in [5.74, 6) is -5.43. The van der Waals surface area contributed by atoms with Crippen molar-refractivity contribution in [3.05, 3.63) is 12.7 Å². The first-order chi connectivity index (χ1) is 11.1. The molecule has 2 bridgehead atoms. The molecule has 9 heteroatoms. The van der Waals surface area contributed by atoms with Crippen molar-refractivity contribution in [1.82, 2.24) is 0 Å². The SMILES string of the molecule is C=CC(=O)OC1C2CC3C1OC(=O)C3C2C(=O)OC(C)C(F)(F)F. The molecule has 0 radical (unpaired) electrons. The number of alkyl halides is 3. The topological polar surface area (TPSA) is 78.9 Å². The van der Waals surface area contributed by atoms with E-state index < -0.39 is 60.1 Å². The number of carbonyl (C=O) groups excluding carboxylic acids is 3. The summed E-state index contributed by atoms with van der Waals surface area (Å²) >= 11 is 0. The van der Waals surface area contributed by atoms with Gasteiger partial charge in [-0.2, -0.15) is 13.2 Å². The zero-order valence-electron chi connectivity index (χ0n) is 12.6. The quantitative estimate of drug-likeness (QED) is 0.434. The van der Waals surface area contributed by atoms with Crippen molar-refractivity contribution in [2.75, 3.05) is 0 Å². The fourth-order valence-electron chi connectivity index (χ4n) is 3.97. The molecule has 0 amide bonds. The Labute approximate surface area is 134 Å². The lowest BCUT2D eigenvalue weighted by Crippen LogP contribution is -2.45. The number of halogens is 3. The Hall–Kier alpha value is -2.06. The molecule has 1 aliphatic heterocycles. The van der Waals surface area contributed by atoms with Crippen LogP contribution in [0, 0.1) is 23.7 Å². The standard InChI is InChI=1S/C15H15F3O6/c1-3-8(19)23-11-6-4-7-10(14(21)24-12(7)11)9(6)13(20)22-5(2)15(16,17)18/h3,5-7,9-12H,1,4H2,2H3. The minimum Gasteiger partial charge on any atom is -0.458 e. The van der Waals surface area contributed by atoms with E-state index in [0.29, 0.717) is 6.42 Å². The van der Waals surface area contributed by atoms with Gasteiger partial charge in [0.05, 0.1) is 11.8 Å². The summed E-state index contributed by atoms with van der Waals surface area (Å²) in [6.07, 6.45) is -7.23. The summed E-state index contributed by atoms with van der Waals surface area (Å²) in [6, 6.07) is 0. The molecule has 1 heterocycles. The van der Waals surface area contributed by atoms with Crippen LogP contribution in [0.1, 0.15) is 13.3 Å². The highest BCUT2D eigenvalue weighted by Gasteiger charge is 2.70. The Morgan fingerprint density at radius 2 is 2.04 bits per heavy atom. The van der Waals surface area contributed by atoms with Crippen molar-refractivity contribution < 1.29 is 41.8 Å². The van der Waals surface area contributed by atoms with Crippen LogP contribution in [0.15, 0.2) is 12.7 Å². The van der Waals surface area contributed by atoms with E-state index in [-0.39, 0.29) is 5.92 Å². The van der Waals surface area contributed by atoms with E-state index in [9.17, 15) is 27.6 Å². The van der Waals surface area contributed by atoms with E-state index in [1.54, 1.807) is 0 Å². The van der Waals surface area contributed by atoms with Gasteiger partial charge in [-0.25, -0.2) is 4.79 Å². The third kappa shape index (κ3) is 2.46. The highest BCUT2D eigenvalue weighted by atomic mass is 19.4. The molecule has 0 N–H and O–H groups in total. The fourth-order valence-corrected chi connectivity index (χ4v) is 3.97. The molecule has 3 rings (SSSR count). The number of fused-ring (bicyclic) bond motifs is 1. The van der Waals surface area contributed by atoms with Crippen LogP contribution in [0.25, 0.3) is 0 Å². The van der Waals surface area contributed by atoms with E-state index in [1.807, 2.05) is 0 Å². The molecular formula is C15H15F3O6. The van der Waals surface area contributed by atoms with Crippen LogP contribution in [0.2, 0.25) is 0 Å². The highest BCUT2D eigenvalue weighted by molar-refractivity contribution is 5.87. The predicted octanol–water partition coefficient (Wildman–Crippen LogP) is 1.39. The Morgan fingerprint density at radius 1 is 1.38 bits per heavy atom. The number of rotatable bonds is 4. The van der Waals surface area contributed by atoms with Crippen LogP contribution in [0.5, 0.6) is 0 Å². The van der Waals surface area contributed by atoms with Crippen LogP contribution in [0.3, 0.4) is 0 Å². The maximum absolute atomic E-state index is 12.6. The maximum Gasteiger partial charge on any atom is 0.425 e. The molecule has 0 spiro atoms. The summed E-state index contributed by atoms with van der Waals surface area (Å²) < 4.78 is 52.6. The average molecular weight is 348 g/mol. The van der Waals surface area contributed by atoms with Gasteiger partial charge >= 0.3 is 24.1 Å². The first-order valence-electron chi connectivity index (χ1n) is 7.46. The molecule has 3 aliphatic rings. The number of ether oxygens (including phenoxy) is 3. The predicted molar refractivity (Wildman–Crippen MR) is 70.1 cm³/mol. The van der Waals surface area contributed by atoms with Crippen molar-refractivity contribution in [2.45, 2.75) is 37.8 Å². The van der Waals surface area contributed by atoms with Gasteiger partial charge in [-0.3, -0.25) is 9.59 Å². The first-order valence-corrected chi connectivity index (χ1v) is 7.46. The highest BCUT2D eigenvalue weighted by Crippen LogP contribution is 2.59. The second-order valence-electron chi connectivity index (χ2n) is 6.24. The number of hydrogen-bond acceptors (Lipinski definition) is 6. The molecule has 7 unspecified atom stereocenters. The average Bonchev–Trinajstić information content (AvgIpc) is 3.09. The fraction of sp³-hybridized carbons (Fsp3) is 0.667. The lowest BCUT2D eigenvalue weighted by molar-refractivity contribution is -0.220. The summed E-state index contributed by atoms with van der Waals surface area (Å²) in [5.41, 5.74) is 0. The minimum atomic E-state index is -4.69. The van der Waals surface area contributed by atoms with Gasteiger partial charge in [0.15, 0.2) is 6.10 Å². The largest absolute Gasteiger partial charge is 0.458 e. The molecule has 0 aromatic heterocycles. The van der Waals surface area contributed by atoms with Crippen molar-refractivity contribution in [2.24, 2.45) is 23.7 Å². The molecule has 0 aromatic rings. The van der Waals surface area contributed by atoms with Crippen LogP contribution in [-0.2, 0) is 28.6 Å². The number of carbonyl (C=O) groups is 3. The second-order valence-corrected chi connectivity index (χ2v) is 6.24. The van der Waals surface area contributed by atoms with Gasteiger partial charge in [0, 0.05) is 17.9 Å². The zero-order chi connectivity index (χ0) is 17.8. The van der Waals surface area contributed by atoms with E-state index >= 15 is 0 Å². The molecule has 6 nitrogen and oxygen atoms in total. The molecular weight excluding hydrogens is 333 g/mol. The molecule has 24 heavy (non-hydrogen) atoms. The molecule has 3 fully saturated rings. The van der Waals surface area contributed by atoms with Crippen LogP contribution < -0.4 is 0 Å². The molecule has 2 saturated carbocycles. The van der Waals surface area contributed by atoms with E-state index in [2.05, 4.69) is 11.3 Å². The lowest BCUT2D eigenvalue weighted by atomic mass is 9.78. The van der Waals surface area contributed by atoms with E-state index in [0.717, 1.165) is 13.0 Å². The van der Waals surface area contributed by atoms with Gasteiger partial charge in [-0.05, 0) is 13.3 Å². The monoisotopic (exact) mass is 348 g/mol. The van der Waals surface area contributed by atoms with Gasteiger partial charge in [0.1, 0.15) is 12.2 Å². The Bertz CT molecular complexity index is 601. The summed E-state index contributed by atoms with van der Waals surface area (Å²) in [4.78, 5) is 35.7. The molecule has 2 aliphatic carbocycles. The van der Waals surface area contributed by atoms with Crippen LogP contribution in [-0.4, -0.2) is 42.4 Å². The summed E-state index contributed by atoms with van der Waals surface area (Å²) in [7, 11) is 0. The Kier molecular flexibility index (Phi) is 3.84. The van der Waals surface area contributed by atoms with Gasteiger partial charge < -0.3 is 14.2 Å². The molecule has 0 aromatic carbocycles. The van der Waals surface area contributed by atoms with Crippen LogP contribution >= 0.6 is 0 Å². The van der Waals surface area contributed by atoms with Crippen molar-refractivity contribution in [3.8, 4) is 0 Å². The third-order valence-electron chi connectivity index (χ3n) is 4.99. The van der Waals surface area contributed by atoms with Gasteiger partial charge in [0.2, 0.25) is 0 Å². The third-order valence-corrected chi connectivity index (χ3v) is 4.99. The van der Waals surface area contributed by atoms with Gasteiger partial charge in [-0.1, -0.05) is 6.58 Å². The van der Waals surface area contributed by atoms with E-state index in [1.165, 1.54) is 0 Å². The molecule has 7 atom stereocenters. The Balaban J connectivity index is 1.81. The van der Waals surface area contributed by atoms with Gasteiger partial charge in [0.25, 0.3) is 0 Å². The minimum absolute atomic E-state index is 0.357. The number of hydrogen-bond donors (Lipinski definition) is 0. The second kappa shape index (κ2) is 5.49. The van der Waals surface area contributed by atoms with Crippen molar-refractivity contribution >= 4 is 17.9 Å². The Morgan fingerprint density at radius 3 is 2.62 bits per heavy atom. The molecule has 1 saturated heterocycles.